The Morgan fingerprint density at radius 3 is 2.43 bits per heavy atom. The molecular weight excluding hydrogens is 396 g/mol. The maximum Gasteiger partial charge on any atom is 0.303 e. The summed E-state index contributed by atoms with van der Waals surface area (Å²) in [6, 6.07) is 4.39. The molecule has 1 saturated carbocycles. The Morgan fingerprint density at radius 2 is 1.87 bits per heavy atom. The van der Waals surface area contributed by atoms with Crippen LogP contribution in [-0.4, -0.2) is 19.5 Å². The van der Waals surface area contributed by atoms with Crippen molar-refractivity contribution in [3.05, 3.63) is 59.9 Å². The Labute approximate surface area is 169 Å². The van der Waals surface area contributed by atoms with Gasteiger partial charge in [-0.05, 0) is 25.8 Å². The molecule has 0 bridgehead atoms. The molecule has 30 heavy (non-hydrogen) atoms. The fraction of sp³-hybridized carbons (Fsp3) is 0.333. The Hall–Kier alpha value is -4.14. The molecule has 1 aliphatic rings. The van der Waals surface area contributed by atoms with E-state index in [1.54, 1.807) is 0 Å². The van der Waals surface area contributed by atoms with Gasteiger partial charge in [0.2, 0.25) is 5.88 Å². The topological polar surface area (TPSA) is 177 Å². The molecule has 1 aromatic heterocycles. The maximum absolute atomic E-state index is 13.0. The molecule has 1 fully saturated rings. The third kappa shape index (κ3) is 3.60. The third-order valence-corrected chi connectivity index (χ3v) is 5.03. The number of hydrogen-bond donors (Lipinski definition) is 1. The molecule has 0 amide bonds. The van der Waals surface area contributed by atoms with Crippen molar-refractivity contribution in [1.82, 2.24) is 4.57 Å². The number of benzene rings is 1. The van der Waals surface area contributed by atoms with Gasteiger partial charge in [-0.1, -0.05) is 12.8 Å². The maximum atomic E-state index is 13.0. The second-order valence-electron chi connectivity index (χ2n) is 6.78. The van der Waals surface area contributed by atoms with Crippen LogP contribution >= 0.6 is 0 Å². The van der Waals surface area contributed by atoms with Crippen LogP contribution in [0.1, 0.15) is 42.9 Å². The van der Waals surface area contributed by atoms with E-state index in [2.05, 4.69) is 10.2 Å². The van der Waals surface area contributed by atoms with Gasteiger partial charge >= 0.3 is 5.69 Å². The first-order valence-electron chi connectivity index (χ1n) is 8.99. The van der Waals surface area contributed by atoms with Crippen LogP contribution in [0.5, 0.6) is 5.88 Å². The second kappa shape index (κ2) is 8.08. The molecule has 0 atom stereocenters. The van der Waals surface area contributed by atoms with Gasteiger partial charge in [-0.25, -0.2) is 0 Å². The number of rotatable bonds is 5. The Kier molecular flexibility index (Phi) is 5.54. The average molecular weight is 412 g/mol. The summed E-state index contributed by atoms with van der Waals surface area (Å²) in [4.78, 5) is 33.4. The van der Waals surface area contributed by atoms with Gasteiger partial charge in [0, 0.05) is 17.7 Å². The van der Waals surface area contributed by atoms with Crippen molar-refractivity contribution < 1.29 is 15.0 Å². The first kappa shape index (κ1) is 20.6. The molecule has 0 aliphatic heterocycles. The van der Waals surface area contributed by atoms with Crippen LogP contribution in [0.2, 0.25) is 0 Å². The van der Waals surface area contributed by atoms with Gasteiger partial charge in [-0.3, -0.25) is 29.6 Å². The standard InChI is InChI=1S/C18H16N6O6/c1-10-13(9-19)17(25)22(11-4-2-3-5-11)18(26)16(10)21-20-14-7-6-12(23(27)28)8-15(14)24(29)30/h6-8,11,25H,2-5H2,1H3. The van der Waals surface area contributed by atoms with Crippen molar-refractivity contribution in [2.45, 2.75) is 38.6 Å². The number of nitro benzene ring substituents is 2. The van der Waals surface area contributed by atoms with Crippen LogP contribution in [-0.2, 0) is 0 Å². The van der Waals surface area contributed by atoms with E-state index in [1.165, 1.54) is 6.92 Å². The van der Waals surface area contributed by atoms with Gasteiger partial charge in [-0.15, -0.1) is 10.2 Å². The zero-order valence-corrected chi connectivity index (χ0v) is 15.8. The molecule has 0 radical (unpaired) electrons. The lowest BCUT2D eigenvalue weighted by Crippen LogP contribution is -2.24. The van der Waals surface area contributed by atoms with Gasteiger partial charge in [0.05, 0.1) is 15.9 Å². The van der Waals surface area contributed by atoms with Crippen molar-refractivity contribution in [2.24, 2.45) is 10.2 Å². The van der Waals surface area contributed by atoms with E-state index in [4.69, 9.17) is 0 Å². The summed E-state index contributed by atoms with van der Waals surface area (Å²) < 4.78 is 1.12. The van der Waals surface area contributed by atoms with E-state index in [0.717, 1.165) is 35.6 Å². The third-order valence-electron chi connectivity index (χ3n) is 5.03. The van der Waals surface area contributed by atoms with E-state index in [9.17, 15) is 35.4 Å². The summed E-state index contributed by atoms with van der Waals surface area (Å²) in [6.07, 6.45) is 3.06. The summed E-state index contributed by atoms with van der Waals surface area (Å²) in [5, 5.41) is 49.5. The number of azo groups is 1. The molecule has 1 N–H and O–H groups in total. The largest absolute Gasteiger partial charge is 0.493 e. The molecule has 12 nitrogen and oxygen atoms in total. The lowest BCUT2D eigenvalue weighted by molar-refractivity contribution is -0.393. The predicted molar refractivity (Wildman–Crippen MR) is 103 cm³/mol. The number of pyridine rings is 1. The minimum absolute atomic E-state index is 0.0857. The lowest BCUT2D eigenvalue weighted by atomic mass is 10.1. The molecule has 0 spiro atoms. The van der Waals surface area contributed by atoms with Crippen LogP contribution in [0.4, 0.5) is 22.7 Å². The summed E-state index contributed by atoms with van der Waals surface area (Å²) in [7, 11) is 0. The molecule has 0 saturated heterocycles. The molecule has 12 heteroatoms. The van der Waals surface area contributed by atoms with Crippen LogP contribution < -0.4 is 5.56 Å². The number of nitro groups is 2. The summed E-state index contributed by atoms with van der Waals surface area (Å²) in [5.74, 6) is -0.438. The fourth-order valence-electron chi connectivity index (χ4n) is 3.49. The quantitative estimate of drug-likeness (QED) is 0.436. The number of nitriles is 1. The van der Waals surface area contributed by atoms with Crippen LogP contribution in [0.25, 0.3) is 0 Å². The second-order valence-corrected chi connectivity index (χ2v) is 6.78. The van der Waals surface area contributed by atoms with Gasteiger partial charge in [0.1, 0.15) is 11.6 Å². The zero-order valence-electron chi connectivity index (χ0n) is 15.8. The molecule has 154 valence electrons. The smallest absolute Gasteiger partial charge is 0.303 e. The van der Waals surface area contributed by atoms with Gasteiger partial charge < -0.3 is 5.11 Å². The predicted octanol–water partition coefficient (Wildman–Crippen LogP) is 4.08. The number of aromatic nitrogens is 1. The SMILES string of the molecule is Cc1c(C#N)c(O)n(C2CCCC2)c(=O)c1N=Nc1ccc([N+](=O)[O-])cc1[N+](=O)[O-]. The highest BCUT2D eigenvalue weighted by molar-refractivity contribution is 5.62. The van der Waals surface area contributed by atoms with E-state index < -0.39 is 32.7 Å². The Morgan fingerprint density at radius 1 is 1.20 bits per heavy atom. The first-order chi connectivity index (χ1) is 14.3. The average Bonchev–Trinajstić information content (AvgIpc) is 3.22. The minimum atomic E-state index is -0.845. The normalized spacial score (nSPS) is 14.1. The van der Waals surface area contributed by atoms with Crippen LogP contribution in [0.15, 0.2) is 33.2 Å². The highest BCUT2D eigenvalue weighted by Gasteiger charge is 2.27. The number of nitrogens with zero attached hydrogens (tertiary/aromatic N) is 6. The van der Waals surface area contributed by atoms with E-state index in [1.807, 2.05) is 6.07 Å². The minimum Gasteiger partial charge on any atom is -0.493 e. The molecule has 2 aromatic rings. The fourth-order valence-corrected chi connectivity index (χ4v) is 3.49. The zero-order chi connectivity index (χ0) is 22.0. The van der Waals surface area contributed by atoms with Crippen molar-refractivity contribution in [3.8, 4) is 11.9 Å². The van der Waals surface area contributed by atoms with Gasteiger partial charge in [-0.2, -0.15) is 5.26 Å². The van der Waals surface area contributed by atoms with Crippen molar-refractivity contribution in [2.75, 3.05) is 0 Å². The van der Waals surface area contributed by atoms with Crippen molar-refractivity contribution in [3.63, 3.8) is 0 Å². The summed E-state index contributed by atoms with van der Waals surface area (Å²) in [5.41, 5.74) is -2.37. The van der Waals surface area contributed by atoms with E-state index >= 15 is 0 Å². The lowest BCUT2D eigenvalue weighted by Gasteiger charge is -2.18. The number of hydrogen-bond acceptors (Lipinski definition) is 9. The van der Waals surface area contributed by atoms with Crippen molar-refractivity contribution in [1.29, 1.82) is 5.26 Å². The van der Waals surface area contributed by atoms with Crippen molar-refractivity contribution >= 4 is 22.7 Å². The van der Waals surface area contributed by atoms with Crippen LogP contribution in [0, 0.1) is 38.5 Å². The van der Waals surface area contributed by atoms with E-state index in [0.29, 0.717) is 12.8 Å². The molecular formula is C18H16N6O6. The molecule has 1 aliphatic carbocycles. The monoisotopic (exact) mass is 412 g/mol. The highest BCUT2D eigenvalue weighted by Crippen LogP contribution is 2.36. The van der Waals surface area contributed by atoms with Gasteiger partial charge in [0.15, 0.2) is 11.4 Å². The molecule has 1 heterocycles. The number of non-ortho nitro benzene ring substituents is 1. The first-order valence-corrected chi connectivity index (χ1v) is 8.99. The Balaban J connectivity index is 2.16. The van der Waals surface area contributed by atoms with E-state index in [-0.39, 0.29) is 28.5 Å². The molecule has 1 aromatic carbocycles. The number of aromatic hydroxyl groups is 1. The highest BCUT2D eigenvalue weighted by atomic mass is 16.6. The molecule has 0 unspecified atom stereocenters. The van der Waals surface area contributed by atoms with Crippen LogP contribution in [0.3, 0.4) is 0 Å². The summed E-state index contributed by atoms with van der Waals surface area (Å²) >= 11 is 0. The van der Waals surface area contributed by atoms with Gasteiger partial charge in [0.25, 0.3) is 11.2 Å². The summed E-state index contributed by atoms with van der Waals surface area (Å²) in [6.45, 7) is 1.41. The molecule has 3 rings (SSSR count). The Bertz CT molecular complexity index is 1170.